The second kappa shape index (κ2) is 11.4. The van der Waals surface area contributed by atoms with Crippen molar-refractivity contribution in [3.63, 3.8) is 0 Å². The molecular formula is C27H19ClF3N3O2S. The number of aromatic nitrogens is 1. The Kier molecular flexibility index (Phi) is 8.05. The van der Waals surface area contributed by atoms with Crippen LogP contribution in [0.15, 0.2) is 101 Å². The van der Waals surface area contributed by atoms with Crippen LogP contribution in [0, 0.1) is 0 Å². The van der Waals surface area contributed by atoms with Crippen molar-refractivity contribution < 1.29 is 22.7 Å². The van der Waals surface area contributed by atoms with E-state index in [-0.39, 0.29) is 28.6 Å². The van der Waals surface area contributed by atoms with Crippen molar-refractivity contribution in [2.24, 2.45) is 10.7 Å². The van der Waals surface area contributed by atoms with E-state index < -0.39 is 17.8 Å². The topological polar surface area (TPSA) is 77.6 Å². The summed E-state index contributed by atoms with van der Waals surface area (Å²) in [5, 5.41) is 2.89. The van der Waals surface area contributed by atoms with E-state index in [1.54, 1.807) is 24.3 Å². The molecule has 0 radical (unpaired) electrons. The summed E-state index contributed by atoms with van der Waals surface area (Å²) in [4.78, 5) is 21.3. The number of hydrogen-bond donors (Lipinski definition) is 1. The Morgan fingerprint density at radius 3 is 2.32 bits per heavy atom. The number of thiazole rings is 1. The van der Waals surface area contributed by atoms with Gasteiger partial charge >= 0.3 is 12.1 Å². The van der Waals surface area contributed by atoms with Crippen molar-refractivity contribution in [2.45, 2.75) is 12.8 Å². The smallest absolute Gasteiger partial charge is 0.430 e. The van der Waals surface area contributed by atoms with Gasteiger partial charge in [-0.1, -0.05) is 66.2 Å². The first-order chi connectivity index (χ1) is 17.7. The molecule has 0 saturated carbocycles. The summed E-state index contributed by atoms with van der Waals surface area (Å²) in [5.74, 6) is -0.601. The maximum Gasteiger partial charge on any atom is 0.430 e. The van der Waals surface area contributed by atoms with Crippen LogP contribution in [-0.4, -0.2) is 22.8 Å². The van der Waals surface area contributed by atoms with Gasteiger partial charge in [-0.2, -0.15) is 13.2 Å². The molecule has 4 rings (SSSR count). The van der Waals surface area contributed by atoms with Gasteiger partial charge in [-0.05, 0) is 30.3 Å². The first-order valence-electron chi connectivity index (χ1n) is 10.9. The zero-order chi connectivity index (χ0) is 26.4. The number of alkyl halides is 3. The predicted molar refractivity (Wildman–Crippen MR) is 139 cm³/mol. The van der Waals surface area contributed by atoms with E-state index in [9.17, 15) is 18.0 Å². The molecule has 0 aliphatic rings. The highest BCUT2D eigenvalue weighted by Gasteiger charge is 2.31. The average Bonchev–Trinajstić information content (AvgIpc) is 3.37. The third kappa shape index (κ3) is 6.84. The number of ether oxygens (including phenoxy) is 1. The van der Waals surface area contributed by atoms with E-state index in [1.807, 2.05) is 35.7 Å². The quantitative estimate of drug-likeness (QED) is 0.196. The molecule has 0 saturated heterocycles. The zero-order valence-corrected chi connectivity index (χ0v) is 20.6. The second-order valence-electron chi connectivity index (χ2n) is 7.71. The molecule has 4 aromatic rings. The zero-order valence-electron chi connectivity index (χ0n) is 19.1. The van der Waals surface area contributed by atoms with E-state index in [4.69, 9.17) is 22.1 Å². The Morgan fingerprint density at radius 1 is 1.00 bits per heavy atom. The molecule has 2 N–H and O–H groups in total. The number of esters is 1. The van der Waals surface area contributed by atoms with Crippen LogP contribution >= 0.6 is 22.9 Å². The first kappa shape index (κ1) is 26.1. The fraction of sp³-hybridized carbons (Fsp3) is 0.0741. The van der Waals surface area contributed by atoms with Crippen LogP contribution in [0.5, 0.6) is 0 Å². The summed E-state index contributed by atoms with van der Waals surface area (Å²) in [6, 6.07) is 21.9. The van der Waals surface area contributed by atoms with Crippen molar-refractivity contribution in [3.8, 4) is 10.6 Å². The molecule has 3 aromatic carbocycles. The lowest BCUT2D eigenvalue weighted by Crippen LogP contribution is -2.21. The van der Waals surface area contributed by atoms with Crippen LogP contribution in [0.1, 0.15) is 21.6 Å². The number of benzene rings is 3. The van der Waals surface area contributed by atoms with Crippen LogP contribution in [0.4, 0.5) is 18.9 Å². The summed E-state index contributed by atoms with van der Waals surface area (Å²) in [7, 11) is 0. The van der Waals surface area contributed by atoms with Crippen molar-refractivity contribution >= 4 is 40.3 Å². The summed E-state index contributed by atoms with van der Waals surface area (Å²) >= 11 is 7.57. The molecule has 0 bridgehead atoms. The number of para-hydroxylation sites is 1. The SMILES string of the molecule is N/C(=C\C(=Nc1ccccc1Cl)c1ccc(C(=O)OCc2csc(-c3ccccc3)n2)cc1)C(F)(F)F. The second-order valence-corrected chi connectivity index (χ2v) is 8.97. The van der Waals surface area contributed by atoms with Gasteiger partial charge in [-0.25, -0.2) is 14.8 Å². The Hall–Kier alpha value is -3.95. The van der Waals surface area contributed by atoms with Gasteiger partial charge in [0.15, 0.2) is 0 Å². The highest BCUT2D eigenvalue weighted by Crippen LogP contribution is 2.27. The number of allylic oxidation sites excluding steroid dienone is 2. The summed E-state index contributed by atoms with van der Waals surface area (Å²) in [5.41, 5.74) is 6.21. The van der Waals surface area contributed by atoms with Gasteiger partial charge < -0.3 is 10.5 Å². The number of aliphatic imine (C=N–C) groups is 1. The molecule has 0 aliphatic heterocycles. The van der Waals surface area contributed by atoms with Gasteiger partial charge in [0.05, 0.1) is 27.7 Å². The molecular weight excluding hydrogens is 523 g/mol. The van der Waals surface area contributed by atoms with Gasteiger partial charge in [-0.3, -0.25) is 0 Å². The molecule has 0 spiro atoms. The molecule has 10 heteroatoms. The van der Waals surface area contributed by atoms with Gasteiger partial charge in [0.1, 0.15) is 17.3 Å². The van der Waals surface area contributed by atoms with Crippen LogP contribution in [0.3, 0.4) is 0 Å². The maximum absolute atomic E-state index is 13.1. The first-order valence-corrected chi connectivity index (χ1v) is 12.1. The minimum Gasteiger partial charge on any atom is -0.456 e. The minimum atomic E-state index is -4.74. The van der Waals surface area contributed by atoms with Gasteiger partial charge in [0, 0.05) is 16.5 Å². The number of rotatable bonds is 7. The summed E-state index contributed by atoms with van der Waals surface area (Å²) in [6.07, 6.45) is -4.01. The van der Waals surface area contributed by atoms with Crippen LogP contribution in [0.2, 0.25) is 5.02 Å². The number of hydrogen-bond acceptors (Lipinski definition) is 6. The lowest BCUT2D eigenvalue weighted by atomic mass is 10.1. The highest BCUT2D eigenvalue weighted by atomic mass is 35.5. The standard InChI is InChI=1S/C27H19ClF3N3O2S/c28-21-8-4-5-9-22(21)34-23(14-24(32)27(29,30)31)17-10-12-19(13-11-17)26(35)36-15-20-16-37-25(33-20)18-6-2-1-3-7-18/h1-14,16H,15,32H2/b24-14-,34-23?. The van der Waals surface area contributed by atoms with Crippen molar-refractivity contribution in [2.75, 3.05) is 0 Å². The largest absolute Gasteiger partial charge is 0.456 e. The van der Waals surface area contributed by atoms with Crippen LogP contribution < -0.4 is 5.73 Å². The number of halogens is 4. The van der Waals surface area contributed by atoms with E-state index >= 15 is 0 Å². The number of nitrogens with two attached hydrogens (primary N) is 1. The number of carbonyl (C=O) groups is 1. The molecule has 1 aromatic heterocycles. The third-order valence-corrected chi connectivity index (χ3v) is 6.31. The normalized spacial score (nSPS) is 12.4. The molecule has 1 heterocycles. The van der Waals surface area contributed by atoms with Crippen molar-refractivity contribution in [1.82, 2.24) is 4.98 Å². The predicted octanol–water partition coefficient (Wildman–Crippen LogP) is 7.35. The van der Waals surface area contributed by atoms with Gasteiger partial charge in [0.2, 0.25) is 0 Å². The Morgan fingerprint density at radius 2 is 1.65 bits per heavy atom. The average molecular weight is 542 g/mol. The minimum absolute atomic E-state index is 0.0199. The molecule has 0 atom stereocenters. The Bertz CT molecular complexity index is 1450. The molecule has 0 fully saturated rings. The van der Waals surface area contributed by atoms with E-state index in [0.29, 0.717) is 11.3 Å². The van der Waals surface area contributed by atoms with Crippen LogP contribution in [0.25, 0.3) is 10.6 Å². The number of carbonyl (C=O) groups excluding carboxylic acids is 1. The molecule has 0 unspecified atom stereocenters. The lowest BCUT2D eigenvalue weighted by molar-refractivity contribution is -0.0925. The van der Waals surface area contributed by atoms with E-state index in [1.165, 1.54) is 35.6 Å². The monoisotopic (exact) mass is 541 g/mol. The fourth-order valence-electron chi connectivity index (χ4n) is 3.17. The van der Waals surface area contributed by atoms with Gasteiger partial charge in [-0.15, -0.1) is 11.3 Å². The Labute approximate surface area is 219 Å². The highest BCUT2D eigenvalue weighted by molar-refractivity contribution is 7.13. The maximum atomic E-state index is 13.1. The molecule has 37 heavy (non-hydrogen) atoms. The van der Waals surface area contributed by atoms with E-state index in [2.05, 4.69) is 9.98 Å². The number of nitrogens with zero attached hydrogens (tertiary/aromatic N) is 2. The summed E-state index contributed by atoms with van der Waals surface area (Å²) in [6.45, 7) is -0.0199. The van der Waals surface area contributed by atoms with Gasteiger partial charge in [0.25, 0.3) is 0 Å². The lowest BCUT2D eigenvalue weighted by Gasteiger charge is -2.10. The van der Waals surface area contributed by atoms with Crippen molar-refractivity contribution in [3.05, 3.63) is 118 Å². The van der Waals surface area contributed by atoms with Crippen LogP contribution in [-0.2, 0) is 11.3 Å². The molecule has 0 amide bonds. The Balaban J connectivity index is 1.51. The summed E-state index contributed by atoms with van der Waals surface area (Å²) < 4.78 is 44.6. The molecule has 188 valence electrons. The third-order valence-electron chi connectivity index (χ3n) is 5.05. The fourth-order valence-corrected chi connectivity index (χ4v) is 4.16. The van der Waals surface area contributed by atoms with E-state index in [0.717, 1.165) is 16.6 Å². The molecule has 5 nitrogen and oxygen atoms in total. The molecule has 0 aliphatic carbocycles. The van der Waals surface area contributed by atoms with Crippen molar-refractivity contribution in [1.29, 1.82) is 0 Å².